The van der Waals surface area contributed by atoms with E-state index in [1.165, 1.54) is 11.8 Å². The highest BCUT2D eigenvalue weighted by atomic mass is 32.2. The summed E-state index contributed by atoms with van der Waals surface area (Å²) >= 11 is 1.38. The molecule has 27 heavy (non-hydrogen) atoms. The number of rotatable bonds is 7. The number of hydrogen-bond donors (Lipinski definition) is 1. The van der Waals surface area contributed by atoms with E-state index in [0.29, 0.717) is 23.3 Å². The first kappa shape index (κ1) is 18.7. The summed E-state index contributed by atoms with van der Waals surface area (Å²) in [6.45, 7) is 0. The van der Waals surface area contributed by atoms with Gasteiger partial charge in [-0.15, -0.1) is 0 Å². The maximum absolute atomic E-state index is 12.1. The zero-order valence-electron chi connectivity index (χ0n) is 15.0. The van der Waals surface area contributed by atoms with Gasteiger partial charge in [-0.25, -0.2) is 0 Å². The SMILES string of the molecule is COc1cc(OC)nc(Sc2ccc(NC(=O)Cc3ccccc3)cc2)n1. The van der Waals surface area contributed by atoms with E-state index in [1.807, 2.05) is 54.6 Å². The summed E-state index contributed by atoms with van der Waals surface area (Å²) in [4.78, 5) is 21.7. The van der Waals surface area contributed by atoms with E-state index >= 15 is 0 Å². The fourth-order valence-electron chi connectivity index (χ4n) is 2.34. The van der Waals surface area contributed by atoms with Gasteiger partial charge in [-0.2, -0.15) is 9.97 Å². The van der Waals surface area contributed by atoms with Crippen molar-refractivity contribution in [3.05, 3.63) is 66.2 Å². The fourth-order valence-corrected chi connectivity index (χ4v) is 3.09. The standard InChI is InChI=1S/C20H19N3O3S/c1-25-18-13-19(26-2)23-20(22-18)27-16-10-8-15(9-11-16)21-17(24)12-14-6-4-3-5-7-14/h3-11,13H,12H2,1-2H3,(H,21,24). The van der Waals surface area contributed by atoms with Crippen LogP contribution >= 0.6 is 11.8 Å². The summed E-state index contributed by atoms with van der Waals surface area (Å²) in [5, 5.41) is 3.42. The van der Waals surface area contributed by atoms with E-state index in [9.17, 15) is 4.79 Å². The Hall–Kier alpha value is -3.06. The molecule has 0 spiro atoms. The van der Waals surface area contributed by atoms with Gasteiger partial charge in [0.15, 0.2) is 5.16 Å². The molecule has 1 amide bonds. The van der Waals surface area contributed by atoms with Crippen LogP contribution in [-0.4, -0.2) is 30.1 Å². The van der Waals surface area contributed by atoms with Gasteiger partial charge < -0.3 is 14.8 Å². The topological polar surface area (TPSA) is 73.3 Å². The maximum atomic E-state index is 12.1. The molecular weight excluding hydrogens is 362 g/mol. The van der Waals surface area contributed by atoms with E-state index < -0.39 is 0 Å². The number of aromatic nitrogens is 2. The molecular formula is C20H19N3O3S. The van der Waals surface area contributed by atoms with Gasteiger partial charge in [0.1, 0.15) is 0 Å². The van der Waals surface area contributed by atoms with Crippen LogP contribution in [0, 0.1) is 0 Å². The molecule has 1 N–H and O–H groups in total. The molecule has 0 bridgehead atoms. The summed E-state index contributed by atoms with van der Waals surface area (Å²) in [5.74, 6) is 0.825. The molecule has 0 unspecified atom stereocenters. The van der Waals surface area contributed by atoms with Crippen LogP contribution in [0.2, 0.25) is 0 Å². The number of ether oxygens (including phenoxy) is 2. The first-order chi connectivity index (χ1) is 13.2. The lowest BCUT2D eigenvalue weighted by Crippen LogP contribution is -2.14. The molecule has 0 aliphatic rings. The van der Waals surface area contributed by atoms with Crippen molar-refractivity contribution in [1.29, 1.82) is 0 Å². The smallest absolute Gasteiger partial charge is 0.228 e. The normalized spacial score (nSPS) is 10.3. The zero-order valence-corrected chi connectivity index (χ0v) is 15.8. The quantitative estimate of drug-likeness (QED) is 0.627. The molecule has 3 aromatic rings. The third-order valence-corrected chi connectivity index (χ3v) is 4.50. The predicted molar refractivity (Wildman–Crippen MR) is 104 cm³/mol. The van der Waals surface area contributed by atoms with Crippen LogP contribution in [0.3, 0.4) is 0 Å². The fraction of sp³-hybridized carbons (Fsp3) is 0.150. The molecule has 0 radical (unpaired) electrons. The molecule has 0 atom stereocenters. The Balaban J connectivity index is 1.62. The molecule has 0 fully saturated rings. The Morgan fingerprint density at radius 1 is 0.963 bits per heavy atom. The summed E-state index contributed by atoms with van der Waals surface area (Å²) < 4.78 is 10.3. The second-order valence-electron chi connectivity index (χ2n) is 5.57. The van der Waals surface area contributed by atoms with Crippen LogP contribution in [0.5, 0.6) is 11.8 Å². The number of carbonyl (C=O) groups is 1. The van der Waals surface area contributed by atoms with Crippen LogP contribution in [0.4, 0.5) is 5.69 Å². The van der Waals surface area contributed by atoms with E-state index in [2.05, 4.69) is 15.3 Å². The highest BCUT2D eigenvalue weighted by Gasteiger charge is 2.08. The van der Waals surface area contributed by atoms with Crippen molar-refractivity contribution in [1.82, 2.24) is 9.97 Å². The Labute approximate surface area is 162 Å². The van der Waals surface area contributed by atoms with Crippen molar-refractivity contribution in [2.75, 3.05) is 19.5 Å². The van der Waals surface area contributed by atoms with Crippen molar-refractivity contribution in [2.45, 2.75) is 16.5 Å². The van der Waals surface area contributed by atoms with Crippen molar-refractivity contribution < 1.29 is 14.3 Å². The number of amides is 1. The van der Waals surface area contributed by atoms with Gasteiger partial charge in [-0.05, 0) is 41.6 Å². The summed E-state index contributed by atoms with van der Waals surface area (Å²) in [5.41, 5.74) is 1.72. The molecule has 138 valence electrons. The lowest BCUT2D eigenvalue weighted by atomic mass is 10.1. The minimum atomic E-state index is -0.0533. The van der Waals surface area contributed by atoms with Crippen LogP contribution in [0.1, 0.15) is 5.56 Å². The van der Waals surface area contributed by atoms with Crippen molar-refractivity contribution in [3.8, 4) is 11.8 Å². The molecule has 0 aliphatic carbocycles. The van der Waals surface area contributed by atoms with Gasteiger partial charge in [-0.1, -0.05) is 30.3 Å². The molecule has 0 saturated carbocycles. The minimum absolute atomic E-state index is 0.0533. The monoisotopic (exact) mass is 381 g/mol. The first-order valence-electron chi connectivity index (χ1n) is 8.25. The molecule has 6 nitrogen and oxygen atoms in total. The summed E-state index contributed by atoms with van der Waals surface area (Å²) in [7, 11) is 3.09. The number of methoxy groups -OCH3 is 2. The zero-order chi connectivity index (χ0) is 19.1. The van der Waals surface area contributed by atoms with E-state index in [4.69, 9.17) is 9.47 Å². The van der Waals surface area contributed by atoms with Gasteiger partial charge >= 0.3 is 0 Å². The third-order valence-electron chi connectivity index (χ3n) is 3.63. The number of benzene rings is 2. The van der Waals surface area contributed by atoms with E-state index in [1.54, 1.807) is 20.3 Å². The Kier molecular flexibility index (Phi) is 6.27. The largest absolute Gasteiger partial charge is 0.481 e. The Bertz CT molecular complexity index is 880. The summed E-state index contributed by atoms with van der Waals surface area (Å²) in [6.07, 6.45) is 0.342. The number of carbonyl (C=O) groups excluding carboxylic acids is 1. The average molecular weight is 381 g/mol. The van der Waals surface area contributed by atoms with Gasteiger partial charge in [0.25, 0.3) is 0 Å². The second-order valence-corrected chi connectivity index (χ2v) is 6.61. The highest BCUT2D eigenvalue weighted by molar-refractivity contribution is 7.99. The molecule has 1 aromatic heterocycles. The first-order valence-corrected chi connectivity index (χ1v) is 9.06. The molecule has 7 heteroatoms. The van der Waals surface area contributed by atoms with Crippen LogP contribution in [0.25, 0.3) is 0 Å². The number of anilines is 1. The minimum Gasteiger partial charge on any atom is -0.481 e. The molecule has 0 aliphatic heterocycles. The van der Waals surface area contributed by atoms with Crippen molar-refractivity contribution in [3.63, 3.8) is 0 Å². The van der Waals surface area contributed by atoms with E-state index in [0.717, 1.165) is 16.1 Å². The predicted octanol–water partition coefficient (Wildman–Crippen LogP) is 3.83. The van der Waals surface area contributed by atoms with Crippen molar-refractivity contribution in [2.24, 2.45) is 0 Å². The van der Waals surface area contributed by atoms with Crippen LogP contribution < -0.4 is 14.8 Å². The van der Waals surface area contributed by atoms with Crippen LogP contribution in [0.15, 0.2) is 70.7 Å². The third kappa shape index (κ3) is 5.46. The highest BCUT2D eigenvalue weighted by Crippen LogP contribution is 2.29. The lowest BCUT2D eigenvalue weighted by molar-refractivity contribution is -0.115. The van der Waals surface area contributed by atoms with Gasteiger partial charge in [0, 0.05) is 10.6 Å². The van der Waals surface area contributed by atoms with Gasteiger partial charge in [0.2, 0.25) is 17.7 Å². The Morgan fingerprint density at radius 3 is 2.19 bits per heavy atom. The molecule has 3 rings (SSSR count). The molecule has 1 heterocycles. The maximum Gasteiger partial charge on any atom is 0.228 e. The summed E-state index contributed by atoms with van der Waals surface area (Å²) in [6, 6.07) is 18.8. The lowest BCUT2D eigenvalue weighted by Gasteiger charge is -2.08. The van der Waals surface area contributed by atoms with Crippen LogP contribution in [-0.2, 0) is 11.2 Å². The molecule has 2 aromatic carbocycles. The van der Waals surface area contributed by atoms with E-state index in [-0.39, 0.29) is 5.91 Å². The van der Waals surface area contributed by atoms with Gasteiger partial charge in [-0.3, -0.25) is 4.79 Å². The Morgan fingerprint density at radius 2 is 1.59 bits per heavy atom. The number of nitrogens with one attached hydrogen (secondary N) is 1. The van der Waals surface area contributed by atoms with Gasteiger partial charge in [0.05, 0.1) is 26.7 Å². The number of hydrogen-bond acceptors (Lipinski definition) is 6. The average Bonchev–Trinajstić information content (AvgIpc) is 2.70. The number of nitrogens with zero attached hydrogens (tertiary/aromatic N) is 2. The second kappa shape index (κ2) is 9.05. The van der Waals surface area contributed by atoms with Crippen molar-refractivity contribution >= 4 is 23.4 Å². The molecule has 0 saturated heterocycles.